The van der Waals surface area contributed by atoms with Crippen molar-refractivity contribution in [1.82, 2.24) is 4.90 Å². The van der Waals surface area contributed by atoms with Gasteiger partial charge in [-0.15, -0.1) is 0 Å². The fourth-order valence-electron chi connectivity index (χ4n) is 2.08. The van der Waals surface area contributed by atoms with Crippen LogP contribution in [0.3, 0.4) is 0 Å². The van der Waals surface area contributed by atoms with Crippen molar-refractivity contribution >= 4 is 5.91 Å². The first-order chi connectivity index (χ1) is 6.46. The van der Waals surface area contributed by atoms with Gasteiger partial charge in [0.05, 0.1) is 5.54 Å². The SMILES string of the molecule is C=C(C)CN(C)C(=O)C1(N)CCCC1. The average Bonchev–Trinajstić information content (AvgIpc) is 2.51. The molecule has 1 saturated carbocycles. The minimum absolute atomic E-state index is 0.0676. The Kier molecular flexibility index (Phi) is 3.32. The maximum Gasteiger partial charge on any atom is 0.242 e. The Labute approximate surface area is 86.0 Å². The number of rotatable bonds is 3. The van der Waals surface area contributed by atoms with Crippen LogP contribution in [0.5, 0.6) is 0 Å². The van der Waals surface area contributed by atoms with Crippen molar-refractivity contribution < 1.29 is 4.79 Å². The van der Waals surface area contributed by atoms with E-state index in [-0.39, 0.29) is 5.91 Å². The molecule has 0 spiro atoms. The number of carbonyl (C=O) groups is 1. The fourth-order valence-corrected chi connectivity index (χ4v) is 2.08. The number of likely N-dealkylation sites (N-methyl/N-ethyl adjacent to an activating group) is 1. The predicted molar refractivity (Wildman–Crippen MR) is 57.8 cm³/mol. The molecular formula is C11H20N2O. The van der Waals surface area contributed by atoms with E-state index in [1.165, 1.54) is 0 Å². The Hall–Kier alpha value is -0.830. The summed E-state index contributed by atoms with van der Waals surface area (Å²) < 4.78 is 0. The zero-order valence-electron chi connectivity index (χ0n) is 9.18. The van der Waals surface area contributed by atoms with Gasteiger partial charge in [0.25, 0.3) is 0 Å². The van der Waals surface area contributed by atoms with Crippen molar-refractivity contribution in [2.75, 3.05) is 13.6 Å². The molecule has 0 aromatic rings. The predicted octanol–water partition coefficient (Wildman–Crippen LogP) is 1.29. The largest absolute Gasteiger partial charge is 0.340 e. The van der Waals surface area contributed by atoms with Gasteiger partial charge >= 0.3 is 0 Å². The van der Waals surface area contributed by atoms with Gasteiger partial charge < -0.3 is 10.6 Å². The molecule has 1 rings (SSSR count). The van der Waals surface area contributed by atoms with Crippen LogP contribution < -0.4 is 5.73 Å². The van der Waals surface area contributed by atoms with Crippen LogP contribution in [0.4, 0.5) is 0 Å². The first-order valence-electron chi connectivity index (χ1n) is 5.14. The molecule has 0 heterocycles. The second-order valence-electron chi connectivity index (χ2n) is 4.48. The van der Waals surface area contributed by atoms with Crippen LogP contribution in [0.25, 0.3) is 0 Å². The molecule has 1 aliphatic rings. The molecule has 1 aliphatic carbocycles. The lowest BCUT2D eigenvalue weighted by Crippen LogP contribution is -2.52. The van der Waals surface area contributed by atoms with Gasteiger partial charge in [0.2, 0.25) is 5.91 Å². The zero-order valence-corrected chi connectivity index (χ0v) is 9.18. The van der Waals surface area contributed by atoms with Crippen molar-refractivity contribution in [3.63, 3.8) is 0 Å². The Bertz CT molecular complexity index is 242. The Balaban J connectivity index is 2.59. The quantitative estimate of drug-likeness (QED) is 0.691. The molecule has 1 amide bonds. The first-order valence-corrected chi connectivity index (χ1v) is 5.14. The second-order valence-corrected chi connectivity index (χ2v) is 4.48. The summed E-state index contributed by atoms with van der Waals surface area (Å²) in [6.07, 6.45) is 3.80. The highest BCUT2D eigenvalue weighted by molar-refractivity contribution is 5.86. The zero-order chi connectivity index (χ0) is 10.8. The third-order valence-corrected chi connectivity index (χ3v) is 2.78. The van der Waals surface area contributed by atoms with E-state index in [0.29, 0.717) is 6.54 Å². The van der Waals surface area contributed by atoms with Crippen LogP contribution in [-0.2, 0) is 4.79 Å². The molecule has 3 heteroatoms. The third-order valence-electron chi connectivity index (χ3n) is 2.78. The maximum absolute atomic E-state index is 12.0. The summed E-state index contributed by atoms with van der Waals surface area (Å²) in [6, 6.07) is 0. The highest BCUT2D eigenvalue weighted by Gasteiger charge is 2.38. The van der Waals surface area contributed by atoms with Crippen LogP contribution in [0.2, 0.25) is 0 Å². The highest BCUT2D eigenvalue weighted by Crippen LogP contribution is 2.28. The standard InChI is InChI=1S/C11H20N2O/c1-9(2)8-13(3)10(14)11(12)6-4-5-7-11/h1,4-8,12H2,2-3H3. The number of carbonyl (C=O) groups excluding carboxylic acids is 1. The number of nitrogens with zero attached hydrogens (tertiary/aromatic N) is 1. The average molecular weight is 196 g/mol. The fraction of sp³-hybridized carbons (Fsp3) is 0.727. The summed E-state index contributed by atoms with van der Waals surface area (Å²) in [5, 5.41) is 0. The smallest absolute Gasteiger partial charge is 0.242 e. The van der Waals surface area contributed by atoms with Crippen LogP contribution in [-0.4, -0.2) is 29.9 Å². The molecule has 0 radical (unpaired) electrons. The summed E-state index contributed by atoms with van der Waals surface area (Å²) in [5.41, 5.74) is 6.45. The van der Waals surface area contributed by atoms with Gasteiger partial charge in [0.1, 0.15) is 0 Å². The van der Waals surface area contributed by atoms with Gasteiger partial charge in [-0.3, -0.25) is 4.79 Å². The minimum Gasteiger partial charge on any atom is -0.340 e. The third kappa shape index (κ3) is 2.35. The summed E-state index contributed by atoms with van der Waals surface area (Å²) in [4.78, 5) is 13.7. The van der Waals surface area contributed by atoms with Gasteiger partial charge in [-0.1, -0.05) is 25.0 Å². The molecule has 80 valence electrons. The van der Waals surface area contributed by atoms with E-state index in [0.717, 1.165) is 31.3 Å². The van der Waals surface area contributed by atoms with Crippen LogP contribution in [0.1, 0.15) is 32.6 Å². The van der Waals surface area contributed by atoms with Gasteiger partial charge in [-0.2, -0.15) is 0 Å². The van der Waals surface area contributed by atoms with E-state index in [4.69, 9.17) is 5.73 Å². The number of nitrogens with two attached hydrogens (primary N) is 1. The normalized spacial score (nSPS) is 19.4. The molecule has 3 nitrogen and oxygen atoms in total. The van der Waals surface area contributed by atoms with Crippen LogP contribution >= 0.6 is 0 Å². The number of amides is 1. The van der Waals surface area contributed by atoms with Crippen molar-refractivity contribution in [3.05, 3.63) is 12.2 Å². The topological polar surface area (TPSA) is 46.3 Å². The number of hydrogen-bond acceptors (Lipinski definition) is 2. The molecule has 0 atom stereocenters. The van der Waals surface area contributed by atoms with E-state index in [1.807, 2.05) is 6.92 Å². The molecule has 0 aromatic heterocycles. The van der Waals surface area contributed by atoms with E-state index in [9.17, 15) is 4.79 Å². The van der Waals surface area contributed by atoms with E-state index in [2.05, 4.69) is 6.58 Å². The van der Waals surface area contributed by atoms with Crippen molar-refractivity contribution in [2.24, 2.45) is 5.73 Å². The van der Waals surface area contributed by atoms with Crippen molar-refractivity contribution in [3.8, 4) is 0 Å². The lowest BCUT2D eigenvalue weighted by molar-refractivity contribution is -0.135. The summed E-state index contributed by atoms with van der Waals surface area (Å²) in [5.74, 6) is 0.0676. The monoisotopic (exact) mass is 196 g/mol. The van der Waals surface area contributed by atoms with Crippen molar-refractivity contribution in [2.45, 2.75) is 38.1 Å². The highest BCUT2D eigenvalue weighted by atomic mass is 16.2. The van der Waals surface area contributed by atoms with Gasteiger partial charge in [0.15, 0.2) is 0 Å². The van der Waals surface area contributed by atoms with Gasteiger partial charge in [0, 0.05) is 13.6 Å². The molecule has 1 fully saturated rings. The second kappa shape index (κ2) is 4.13. The van der Waals surface area contributed by atoms with Crippen molar-refractivity contribution in [1.29, 1.82) is 0 Å². The van der Waals surface area contributed by atoms with Gasteiger partial charge in [-0.05, 0) is 19.8 Å². The number of hydrogen-bond donors (Lipinski definition) is 1. The summed E-state index contributed by atoms with van der Waals surface area (Å²) >= 11 is 0. The summed E-state index contributed by atoms with van der Waals surface area (Å²) in [7, 11) is 1.80. The van der Waals surface area contributed by atoms with E-state index in [1.54, 1.807) is 11.9 Å². The molecule has 14 heavy (non-hydrogen) atoms. The lowest BCUT2D eigenvalue weighted by atomic mass is 9.97. The lowest BCUT2D eigenvalue weighted by Gasteiger charge is -2.28. The molecule has 0 aromatic carbocycles. The maximum atomic E-state index is 12.0. The molecule has 0 aliphatic heterocycles. The Morgan fingerprint density at radius 3 is 2.43 bits per heavy atom. The van der Waals surface area contributed by atoms with Gasteiger partial charge in [-0.25, -0.2) is 0 Å². The van der Waals surface area contributed by atoms with E-state index < -0.39 is 5.54 Å². The summed E-state index contributed by atoms with van der Waals surface area (Å²) in [6.45, 7) is 6.32. The van der Waals surface area contributed by atoms with Crippen LogP contribution in [0.15, 0.2) is 12.2 Å². The molecular weight excluding hydrogens is 176 g/mol. The van der Waals surface area contributed by atoms with E-state index >= 15 is 0 Å². The molecule has 0 bridgehead atoms. The first kappa shape index (κ1) is 11.2. The molecule has 0 saturated heterocycles. The Morgan fingerprint density at radius 1 is 1.50 bits per heavy atom. The van der Waals surface area contributed by atoms with Crippen LogP contribution in [0, 0.1) is 0 Å². The molecule has 2 N–H and O–H groups in total. The Morgan fingerprint density at radius 2 is 2.00 bits per heavy atom. The minimum atomic E-state index is -0.593. The molecule has 0 unspecified atom stereocenters.